The molecule has 0 saturated heterocycles. The minimum atomic E-state index is 0.101. The first kappa shape index (κ1) is 11.8. The molecule has 0 heterocycles. The third-order valence-corrected chi connectivity index (χ3v) is 2.58. The van der Waals surface area contributed by atoms with E-state index in [0.717, 1.165) is 11.1 Å². The van der Waals surface area contributed by atoms with Gasteiger partial charge in [-0.2, -0.15) is 0 Å². The first-order chi connectivity index (χ1) is 7.00. The average molecular weight is 206 g/mol. The summed E-state index contributed by atoms with van der Waals surface area (Å²) in [5.41, 5.74) is 1.89. The van der Waals surface area contributed by atoms with Crippen LogP contribution in [0.2, 0.25) is 0 Å². The van der Waals surface area contributed by atoms with E-state index in [1.165, 1.54) is 0 Å². The maximum Gasteiger partial charge on any atom is 0.135 e. The van der Waals surface area contributed by atoms with Gasteiger partial charge in [0.05, 0.1) is 0 Å². The van der Waals surface area contributed by atoms with E-state index in [9.17, 15) is 9.90 Å². The van der Waals surface area contributed by atoms with E-state index in [1.807, 2.05) is 32.9 Å². The van der Waals surface area contributed by atoms with Crippen molar-refractivity contribution in [3.05, 3.63) is 29.3 Å². The summed E-state index contributed by atoms with van der Waals surface area (Å²) in [6, 6.07) is 5.58. The number of Topliss-reactive ketones (excluding diaryl/α,β-unsaturated/α-hetero) is 1. The Kier molecular flexibility index (Phi) is 3.89. The zero-order valence-corrected chi connectivity index (χ0v) is 9.58. The maximum absolute atomic E-state index is 11.4. The molecule has 0 fully saturated rings. The molecule has 1 aromatic rings. The van der Waals surface area contributed by atoms with Crippen molar-refractivity contribution in [3.8, 4) is 5.75 Å². The van der Waals surface area contributed by atoms with Crippen molar-refractivity contribution in [1.82, 2.24) is 0 Å². The van der Waals surface area contributed by atoms with Crippen molar-refractivity contribution in [2.24, 2.45) is 5.92 Å². The van der Waals surface area contributed by atoms with Gasteiger partial charge in [-0.1, -0.05) is 26.0 Å². The highest BCUT2D eigenvalue weighted by Gasteiger charge is 2.07. The van der Waals surface area contributed by atoms with Gasteiger partial charge in [0.2, 0.25) is 0 Å². The van der Waals surface area contributed by atoms with Gasteiger partial charge >= 0.3 is 0 Å². The lowest BCUT2D eigenvalue weighted by atomic mass is 10.0. The largest absolute Gasteiger partial charge is 0.508 e. The lowest BCUT2D eigenvalue weighted by Gasteiger charge is -2.05. The van der Waals surface area contributed by atoms with Crippen molar-refractivity contribution in [3.63, 3.8) is 0 Å². The van der Waals surface area contributed by atoms with Gasteiger partial charge in [-0.3, -0.25) is 4.79 Å². The number of aromatic hydroxyl groups is 1. The summed E-state index contributed by atoms with van der Waals surface area (Å²) in [4.78, 5) is 11.4. The molecule has 2 nitrogen and oxygen atoms in total. The van der Waals surface area contributed by atoms with Gasteiger partial charge in [0.15, 0.2) is 0 Å². The zero-order chi connectivity index (χ0) is 11.4. The van der Waals surface area contributed by atoms with Gasteiger partial charge in [0, 0.05) is 12.3 Å². The Bertz CT molecular complexity index is 354. The molecule has 1 rings (SSSR count). The smallest absolute Gasteiger partial charge is 0.135 e. The van der Waals surface area contributed by atoms with Crippen molar-refractivity contribution in [2.45, 2.75) is 33.6 Å². The number of phenols is 1. The fourth-order valence-electron chi connectivity index (χ4n) is 1.37. The summed E-state index contributed by atoms with van der Waals surface area (Å²) < 4.78 is 0. The highest BCUT2D eigenvalue weighted by atomic mass is 16.3. The Morgan fingerprint density at radius 1 is 1.40 bits per heavy atom. The van der Waals surface area contributed by atoms with Crippen LogP contribution in [0.3, 0.4) is 0 Å². The molecule has 0 atom stereocenters. The number of hydrogen-bond acceptors (Lipinski definition) is 2. The third-order valence-electron chi connectivity index (χ3n) is 2.58. The summed E-state index contributed by atoms with van der Waals surface area (Å²) in [6.45, 7) is 5.68. The van der Waals surface area contributed by atoms with Gasteiger partial charge in [0.1, 0.15) is 11.5 Å². The number of rotatable bonds is 4. The minimum Gasteiger partial charge on any atom is -0.508 e. The predicted octanol–water partition coefficient (Wildman–Crippen LogP) is 2.86. The molecule has 0 aromatic heterocycles. The molecular weight excluding hydrogens is 188 g/mol. The topological polar surface area (TPSA) is 37.3 Å². The molecule has 1 aromatic carbocycles. The van der Waals surface area contributed by atoms with E-state index in [4.69, 9.17) is 0 Å². The highest BCUT2D eigenvalue weighted by molar-refractivity contribution is 5.80. The normalized spacial score (nSPS) is 10.7. The van der Waals surface area contributed by atoms with E-state index in [2.05, 4.69) is 0 Å². The summed E-state index contributed by atoms with van der Waals surface area (Å²) in [5.74, 6) is 0.684. The number of aryl methyl sites for hydroxylation is 2. The van der Waals surface area contributed by atoms with Crippen LogP contribution in [0.5, 0.6) is 5.75 Å². The third kappa shape index (κ3) is 3.39. The van der Waals surface area contributed by atoms with Gasteiger partial charge in [-0.05, 0) is 30.5 Å². The molecule has 0 aliphatic heterocycles. The molecule has 82 valence electrons. The molecule has 0 aliphatic rings. The van der Waals surface area contributed by atoms with Gasteiger partial charge in [0.25, 0.3) is 0 Å². The first-order valence-electron chi connectivity index (χ1n) is 5.32. The van der Waals surface area contributed by atoms with Crippen molar-refractivity contribution >= 4 is 5.78 Å². The van der Waals surface area contributed by atoms with E-state index in [-0.39, 0.29) is 11.7 Å². The minimum absolute atomic E-state index is 0.101. The average Bonchev–Trinajstić information content (AvgIpc) is 2.19. The summed E-state index contributed by atoms with van der Waals surface area (Å²) in [6.07, 6.45) is 1.27. The SMILES string of the molecule is Cc1ccc(CCC(=O)C(C)C)cc1O. The molecule has 15 heavy (non-hydrogen) atoms. The highest BCUT2D eigenvalue weighted by Crippen LogP contribution is 2.18. The molecule has 1 N–H and O–H groups in total. The Morgan fingerprint density at radius 2 is 2.07 bits per heavy atom. The maximum atomic E-state index is 11.4. The van der Waals surface area contributed by atoms with Crippen LogP contribution in [0.1, 0.15) is 31.4 Å². The van der Waals surface area contributed by atoms with Crippen LogP contribution in [-0.2, 0) is 11.2 Å². The number of benzene rings is 1. The van der Waals surface area contributed by atoms with Crippen LogP contribution in [0.25, 0.3) is 0 Å². The lowest BCUT2D eigenvalue weighted by Crippen LogP contribution is -2.07. The Labute approximate surface area is 90.9 Å². The molecular formula is C13H18O2. The van der Waals surface area contributed by atoms with E-state index < -0.39 is 0 Å². The predicted molar refractivity (Wildman–Crippen MR) is 61.0 cm³/mol. The molecule has 0 spiro atoms. The molecule has 0 amide bonds. The molecule has 0 unspecified atom stereocenters. The van der Waals surface area contributed by atoms with Gasteiger partial charge < -0.3 is 5.11 Å². The summed E-state index contributed by atoms with van der Waals surface area (Å²) >= 11 is 0. The molecule has 0 aliphatic carbocycles. The number of ketones is 1. The first-order valence-corrected chi connectivity index (χ1v) is 5.32. The fourth-order valence-corrected chi connectivity index (χ4v) is 1.37. The van der Waals surface area contributed by atoms with Crippen LogP contribution >= 0.6 is 0 Å². The fraction of sp³-hybridized carbons (Fsp3) is 0.462. The van der Waals surface area contributed by atoms with E-state index in [1.54, 1.807) is 6.07 Å². The second-order valence-electron chi connectivity index (χ2n) is 4.24. The monoisotopic (exact) mass is 206 g/mol. The number of carbonyl (C=O) groups excluding carboxylic acids is 1. The number of hydrogen-bond donors (Lipinski definition) is 1. The van der Waals surface area contributed by atoms with Gasteiger partial charge in [-0.25, -0.2) is 0 Å². The quantitative estimate of drug-likeness (QED) is 0.822. The standard InChI is InChI=1S/C13H18O2/c1-9(2)12(14)7-6-11-5-4-10(3)13(15)8-11/h4-5,8-9,15H,6-7H2,1-3H3. The summed E-state index contributed by atoms with van der Waals surface area (Å²) in [7, 11) is 0. The molecule has 0 radical (unpaired) electrons. The van der Waals surface area contributed by atoms with Crippen molar-refractivity contribution in [2.75, 3.05) is 0 Å². The second-order valence-corrected chi connectivity index (χ2v) is 4.24. The lowest BCUT2D eigenvalue weighted by molar-refractivity contribution is -0.121. The van der Waals surface area contributed by atoms with E-state index in [0.29, 0.717) is 18.6 Å². The summed E-state index contributed by atoms with van der Waals surface area (Å²) in [5, 5.41) is 9.49. The van der Waals surface area contributed by atoms with Crippen molar-refractivity contribution in [1.29, 1.82) is 0 Å². The molecule has 2 heteroatoms. The Morgan fingerprint density at radius 3 is 2.60 bits per heavy atom. The van der Waals surface area contributed by atoms with Gasteiger partial charge in [-0.15, -0.1) is 0 Å². The zero-order valence-electron chi connectivity index (χ0n) is 9.58. The van der Waals surface area contributed by atoms with Crippen molar-refractivity contribution < 1.29 is 9.90 Å². The number of carbonyl (C=O) groups is 1. The number of phenolic OH excluding ortho intramolecular Hbond substituents is 1. The van der Waals surface area contributed by atoms with Crippen LogP contribution in [0, 0.1) is 12.8 Å². The molecule has 0 bridgehead atoms. The van der Waals surface area contributed by atoms with E-state index >= 15 is 0 Å². The van der Waals surface area contributed by atoms with Crippen LogP contribution < -0.4 is 0 Å². The second kappa shape index (κ2) is 4.96. The van der Waals surface area contributed by atoms with Crippen LogP contribution in [0.4, 0.5) is 0 Å². The Balaban J connectivity index is 2.58. The van der Waals surface area contributed by atoms with Crippen LogP contribution in [-0.4, -0.2) is 10.9 Å². The Hall–Kier alpha value is -1.31. The van der Waals surface area contributed by atoms with Crippen LogP contribution in [0.15, 0.2) is 18.2 Å². The molecule has 0 saturated carbocycles.